The molecule has 0 fully saturated rings. The van der Waals surface area contributed by atoms with Gasteiger partial charge < -0.3 is 9.84 Å². The highest BCUT2D eigenvalue weighted by Crippen LogP contribution is 2.28. The number of thioether (sulfide) groups is 1. The fourth-order valence-corrected chi connectivity index (χ4v) is 3.80. The second-order valence-corrected chi connectivity index (χ2v) is 8.09. The predicted octanol–water partition coefficient (Wildman–Crippen LogP) is 2.72. The van der Waals surface area contributed by atoms with Crippen LogP contribution in [0.25, 0.3) is 5.65 Å². The van der Waals surface area contributed by atoms with Crippen molar-refractivity contribution in [3.05, 3.63) is 33.9 Å². The van der Waals surface area contributed by atoms with Crippen molar-refractivity contribution >= 4 is 39.8 Å². The minimum atomic E-state index is -0.257. The molecule has 0 saturated carbocycles. The van der Waals surface area contributed by atoms with Crippen LogP contribution in [0.2, 0.25) is 0 Å². The van der Waals surface area contributed by atoms with Crippen LogP contribution in [0, 0.1) is 12.8 Å². The molecule has 3 aromatic rings. The SMILES string of the molecule is Cc1cc2nc(CSc3nnc(NC(=O)CC(C)C)s3)cc(=O)n2o1. The fourth-order valence-electron chi connectivity index (χ4n) is 2.14. The Kier molecular flexibility index (Phi) is 5.19. The van der Waals surface area contributed by atoms with Crippen LogP contribution in [-0.4, -0.2) is 25.7 Å². The van der Waals surface area contributed by atoms with Gasteiger partial charge in [0.05, 0.1) is 5.69 Å². The molecule has 3 aromatic heterocycles. The molecule has 8 nitrogen and oxygen atoms in total. The van der Waals surface area contributed by atoms with E-state index in [4.69, 9.17) is 4.52 Å². The van der Waals surface area contributed by atoms with Gasteiger partial charge in [-0.3, -0.25) is 9.59 Å². The molecule has 0 aliphatic heterocycles. The zero-order chi connectivity index (χ0) is 18.0. The summed E-state index contributed by atoms with van der Waals surface area (Å²) in [4.78, 5) is 28.1. The average molecular weight is 379 g/mol. The molecule has 3 heterocycles. The zero-order valence-electron chi connectivity index (χ0n) is 14.0. The number of nitrogens with zero attached hydrogens (tertiary/aromatic N) is 4. The number of fused-ring (bicyclic) bond motifs is 1. The van der Waals surface area contributed by atoms with Crippen molar-refractivity contribution in [2.45, 2.75) is 37.3 Å². The third kappa shape index (κ3) is 4.45. The van der Waals surface area contributed by atoms with Gasteiger partial charge in [0.15, 0.2) is 9.99 Å². The molecular formula is C15H17N5O3S2. The largest absolute Gasteiger partial charge is 0.375 e. The van der Waals surface area contributed by atoms with Crippen LogP contribution in [0.1, 0.15) is 31.7 Å². The van der Waals surface area contributed by atoms with Crippen molar-refractivity contribution < 1.29 is 9.32 Å². The minimum absolute atomic E-state index is 0.0711. The summed E-state index contributed by atoms with van der Waals surface area (Å²) in [5.41, 5.74) is 0.864. The highest BCUT2D eigenvalue weighted by molar-refractivity contribution is 8.00. The van der Waals surface area contributed by atoms with Crippen molar-refractivity contribution in [2.24, 2.45) is 5.92 Å². The van der Waals surface area contributed by atoms with E-state index >= 15 is 0 Å². The maximum Gasteiger partial charge on any atom is 0.287 e. The normalized spacial score (nSPS) is 11.4. The van der Waals surface area contributed by atoms with E-state index in [1.54, 1.807) is 13.0 Å². The smallest absolute Gasteiger partial charge is 0.287 e. The van der Waals surface area contributed by atoms with E-state index in [1.807, 2.05) is 13.8 Å². The Bertz CT molecular complexity index is 960. The standard InChI is InChI=1S/C15H17N5O3S2/c1-8(2)4-12(21)17-14-18-19-15(25-14)24-7-10-6-13(22)20-11(16-10)5-9(3)23-20/h5-6,8H,4,7H2,1-3H3,(H,17,18,21). The molecule has 0 aliphatic rings. The van der Waals surface area contributed by atoms with Gasteiger partial charge in [0.2, 0.25) is 11.0 Å². The number of hydrogen-bond acceptors (Lipinski definition) is 8. The van der Waals surface area contributed by atoms with Gasteiger partial charge in [-0.2, -0.15) is 0 Å². The predicted molar refractivity (Wildman–Crippen MR) is 96.0 cm³/mol. The van der Waals surface area contributed by atoms with E-state index in [2.05, 4.69) is 20.5 Å². The van der Waals surface area contributed by atoms with Crippen LogP contribution < -0.4 is 10.9 Å². The highest BCUT2D eigenvalue weighted by Gasteiger charge is 2.11. The number of anilines is 1. The number of aromatic nitrogens is 4. The Hall–Kier alpha value is -2.20. The highest BCUT2D eigenvalue weighted by atomic mass is 32.2. The molecule has 25 heavy (non-hydrogen) atoms. The fraction of sp³-hybridized carbons (Fsp3) is 0.400. The molecular weight excluding hydrogens is 362 g/mol. The Balaban J connectivity index is 1.64. The van der Waals surface area contributed by atoms with Gasteiger partial charge in [-0.15, -0.1) is 14.8 Å². The summed E-state index contributed by atoms with van der Waals surface area (Å²) in [5, 5.41) is 11.2. The summed E-state index contributed by atoms with van der Waals surface area (Å²) in [6, 6.07) is 3.15. The van der Waals surface area contributed by atoms with Gasteiger partial charge in [-0.25, -0.2) is 4.98 Å². The first-order valence-electron chi connectivity index (χ1n) is 7.66. The number of nitrogens with one attached hydrogen (secondary N) is 1. The summed E-state index contributed by atoms with van der Waals surface area (Å²) in [6.07, 6.45) is 0.444. The third-order valence-corrected chi connectivity index (χ3v) is 5.12. The van der Waals surface area contributed by atoms with Crippen molar-refractivity contribution in [1.82, 2.24) is 19.8 Å². The van der Waals surface area contributed by atoms with E-state index in [0.29, 0.717) is 38.7 Å². The zero-order valence-corrected chi connectivity index (χ0v) is 15.6. The molecule has 3 rings (SSSR count). The second kappa shape index (κ2) is 7.36. The molecule has 0 spiro atoms. The average Bonchev–Trinajstić information content (AvgIpc) is 3.10. The van der Waals surface area contributed by atoms with Crippen LogP contribution >= 0.6 is 23.1 Å². The lowest BCUT2D eigenvalue weighted by atomic mass is 10.1. The topological polar surface area (TPSA) is 102 Å². The molecule has 1 N–H and O–H groups in total. The molecule has 0 aromatic carbocycles. The van der Waals surface area contributed by atoms with Crippen LogP contribution in [-0.2, 0) is 10.5 Å². The monoisotopic (exact) mass is 379 g/mol. The number of rotatable bonds is 6. The Labute approximate surface area is 151 Å². The molecule has 0 bridgehead atoms. The molecule has 0 aliphatic carbocycles. The van der Waals surface area contributed by atoms with Gasteiger partial charge in [0.1, 0.15) is 5.76 Å². The van der Waals surface area contributed by atoms with Crippen molar-refractivity contribution in [2.75, 3.05) is 5.32 Å². The summed E-state index contributed by atoms with van der Waals surface area (Å²) in [7, 11) is 0. The van der Waals surface area contributed by atoms with Gasteiger partial charge in [0.25, 0.3) is 5.56 Å². The van der Waals surface area contributed by atoms with Gasteiger partial charge >= 0.3 is 0 Å². The molecule has 0 unspecified atom stereocenters. The molecule has 0 radical (unpaired) electrons. The summed E-state index contributed by atoms with van der Waals surface area (Å²) >= 11 is 2.71. The van der Waals surface area contributed by atoms with Gasteiger partial charge in [-0.05, 0) is 12.8 Å². The first-order valence-corrected chi connectivity index (χ1v) is 9.46. The Morgan fingerprint density at radius 3 is 2.96 bits per heavy atom. The first-order chi connectivity index (χ1) is 11.9. The van der Waals surface area contributed by atoms with E-state index in [9.17, 15) is 9.59 Å². The van der Waals surface area contributed by atoms with Gasteiger partial charge in [-0.1, -0.05) is 36.9 Å². The minimum Gasteiger partial charge on any atom is -0.375 e. The quantitative estimate of drug-likeness (QED) is 0.519. The summed E-state index contributed by atoms with van der Waals surface area (Å²) in [5.74, 6) is 1.32. The van der Waals surface area contributed by atoms with Crippen LogP contribution in [0.15, 0.2) is 25.8 Å². The van der Waals surface area contributed by atoms with E-state index in [-0.39, 0.29) is 17.4 Å². The number of amides is 1. The lowest BCUT2D eigenvalue weighted by Crippen LogP contribution is -2.13. The Morgan fingerprint density at radius 2 is 2.20 bits per heavy atom. The maximum absolute atomic E-state index is 12.0. The number of carbonyl (C=O) groups excluding carboxylic acids is 1. The van der Waals surface area contributed by atoms with Crippen LogP contribution in [0.3, 0.4) is 0 Å². The third-order valence-electron chi connectivity index (χ3n) is 3.11. The first kappa shape index (κ1) is 17.6. The van der Waals surface area contributed by atoms with E-state index < -0.39 is 0 Å². The van der Waals surface area contributed by atoms with Crippen LogP contribution in [0.5, 0.6) is 0 Å². The number of carbonyl (C=O) groups is 1. The maximum atomic E-state index is 12.0. The van der Waals surface area contributed by atoms with Crippen LogP contribution in [0.4, 0.5) is 5.13 Å². The second-order valence-electron chi connectivity index (χ2n) is 5.89. The molecule has 0 atom stereocenters. The van der Waals surface area contributed by atoms with E-state index in [1.165, 1.54) is 29.2 Å². The van der Waals surface area contributed by atoms with Crippen molar-refractivity contribution in [3.8, 4) is 0 Å². The number of aryl methyl sites for hydroxylation is 1. The molecule has 10 heteroatoms. The van der Waals surface area contributed by atoms with Crippen molar-refractivity contribution in [3.63, 3.8) is 0 Å². The Morgan fingerprint density at radius 1 is 1.40 bits per heavy atom. The summed E-state index contributed by atoms with van der Waals surface area (Å²) in [6.45, 7) is 5.72. The summed E-state index contributed by atoms with van der Waals surface area (Å²) < 4.78 is 7.12. The molecule has 0 saturated heterocycles. The lowest BCUT2D eigenvalue weighted by Gasteiger charge is -2.02. The van der Waals surface area contributed by atoms with Gasteiger partial charge in [0, 0.05) is 24.3 Å². The van der Waals surface area contributed by atoms with Crippen molar-refractivity contribution in [1.29, 1.82) is 0 Å². The molecule has 132 valence electrons. The lowest BCUT2D eigenvalue weighted by molar-refractivity contribution is -0.116. The number of hydrogen-bond donors (Lipinski definition) is 1. The molecule has 1 amide bonds. The van der Waals surface area contributed by atoms with E-state index in [0.717, 1.165) is 4.57 Å².